The van der Waals surface area contributed by atoms with Gasteiger partial charge in [0.1, 0.15) is 18.1 Å². The van der Waals surface area contributed by atoms with Crippen molar-refractivity contribution in [3.63, 3.8) is 0 Å². The van der Waals surface area contributed by atoms with Crippen LogP contribution in [0.15, 0.2) is 84.9 Å². The molecule has 2 heterocycles. The van der Waals surface area contributed by atoms with Gasteiger partial charge in [0.05, 0.1) is 23.9 Å². The Labute approximate surface area is 175 Å². The number of benzene rings is 3. The SMILES string of the molecule is O[C@H]1c2cc(OCc3ccc4ccccc4n3)ccc2OC[C@@H]1Cc1ccccc1. The first-order valence-corrected chi connectivity index (χ1v) is 10.2. The number of aromatic nitrogens is 1. The average Bonchev–Trinajstić information content (AvgIpc) is 2.80. The minimum atomic E-state index is -0.587. The molecule has 2 atom stereocenters. The van der Waals surface area contributed by atoms with Crippen LogP contribution in [0, 0.1) is 5.92 Å². The highest BCUT2D eigenvalue weighted by Gasteiger charge is 2.30. The van der Waals surface area contributed by atoms with Crippen LogP contribution in [0.5, 0.6) is 11.5 Å². The Kier molecular flexibility index (Phi) is 5.08. The van der Waals surface area contributed by atoms with Gasteiger partial charge in [-0.05, 0) is 42.3 Å². The van der Waals surface area contributed by atoms with E-state index < -0.39 is 6.10 Å². The van der Waals surface area contributed by atoms with Gasteiger partial charge in [-0.15, -0.1) is 0 Å². The number of aliphatic hydroxyl groups excluding tert-OH is 1. The highest BCUT2D eigenvalue weighted by atomic mass is 16.5. The molecule has 4 nitrogen and oxygen atoms in total. The van der Waals surface area contributed by atoms with Crippen LogP contribution in [0.3, 0.4) is 0 Å². The number of ether oxygens (including phenoxy) is 2. The number of aliphatic hydroxyl groups is 1. The summed E-state index contributed by atoms with van der Waals surface area (Å²) in [6.07, 6.45) is 0.185. The minimum absolute atomic E-state index is 0.0114. The molecule has 0 bridgehead atoms. The van der Waals surface area contributed by atoms with E-state index in [1.165, 1.54) is 5.56 Å². The van der Waals surface area contributed by atoms with Gasteiger partial charge in [0.2, 0.25) is 0 Å². The van der Waals surface area contributed by atoms with Crippen molar-refractivity contribution >= 4 is 10.9 Å². The number of para-hydroxylation sites is 1. The first-order chi connectivity index (χ1) is 14.8. The van der Waals surface area contributed by atoms with Gasteiger partial charge in [-0.1, -0.05) is 54.6 Å². The predicted octanol–water partition coefficient (Wildman–Crippen LogP) is 5.10. The van der Waals surface area contributed by atoms with Crippen LogP contribution < -0.4 is 9.47 Å². The van der Waals surface area contributed by atoms with Crippen LogP contribution in [0.1, 0.15) is 22.9 Å². The fraction of sp³-hybridized carbons (Fsp3) is 0.192. The van der Waals surface area contributed by atoms with Gasteiger partial charge in [-0.3, -0.25) is 0 Å². The van der Waals surface area contributed by atoms with Crippen LogP contribution in [-0.4, -0.2) is 16.7 Å². The molecule has 0 saturated heterocycles. The van der Waals surface area contributed by atoms with Crippen LogP contribution in [0.25, 0.3) is 10.9 Å². The summed E-state index contributed by atoms with van der Waals surface area (Å²) in [5.41, 5.74) is 3.80. The van der Waals surface area contributed by atoms with Gasteiger partial charge in [0.15, 0.2) is 0 Å². The normalized spacial score (nSPS) is 17.9. The van der Waals surface area contributed by atoms with Gasteiger partial charge >= 0.3 is 0 Å². The summed E-state index contributed by atoms with van der Waals surface area (Å²) in [4.78, 5) is 4.65. The summed E-state index contributed by atoms with van der Waals surface area (Å²) in [7, 11) is 0. The van der Waals surface area contributed by atoms with Crippen molar-refractivity contribution in [2.75, 3.05) is 6.61 Å². The molecule has 0 spiro atoms. The molecule has 0 radical (unpaired) electrons. The number of hydrogen-bond acceptors (Lipinski definition) is 4. The topological polar surface area (TPSA) is 51.6 Å². The lowest BCUT2D eigenvalue weighted by atomic mass is 9.88. The Hall–Kier alpha value is -3.37. The summed E-state index contributed by atoms with van der Waals surface area (Å²) in [5.74, 6) is 1.44. The minimum Gasteiger partial charge on any atom is -0.493 e. The molecule has 0 amide bonds. The molecule has 4 heteroatoms. The van der Waals surface area contributed by atoms with Crippen LogP contribution in [-0.2, 0) is 13.0 Å². The molecule has 0 unspecified atom stereocenters. The molecule has 4 aromatic rings. The van der Waals surface area contributed by atoms with E-state index in [-0.39, 0.29) is 5.92 Å². The van der Waals surface area contributed by atoms with Crippen molar-refractivity contribution < 1.29 is 14.6 Å². The third-order valence-electron chi connectivity index (χ3n) is 5.58. The second-order valence-corrected chi connectivity index (χ2v) is 7.69. The van der Waals surface area contributed by atoms with E-state index in [0.29, 0.717) is 19.0 Å². The fourth-order valence-electron chi connectivity index (χ4n) is 3.95. The zero-order valence-corrected chi connectivity index (χ0v) is 16.6. The first kappa shape index (κ1) is 18.6. The van der Waals surface area contributed by atoms with Crippen molar-refractivity contribution in [3.8, 4) is 11.5 Å². The molecule has 1 aliphatic heterocycles. The van der Waals surface area contributed by atoms with Crippen molar-refractivity contribution in [1.29, 1.82) is 0 Å². The van der Waals surface area contributed by atoms with E-state index >= 15 is 0 Å². The van der Waals surface area contributed by atoms with Crippen molar-refractivity contribution in [2.45, 2.75) is 19.1 Å². The summed E-state index contributed by atoms with van der Waals surface area (Å²) in [6.45, 7) is 0.873. The molecule has 5 rings (SSSR count). The average molecular weight is 397 g/mol. The maximum absolute atomic E-state index is 11.0. The Bertz CT molecular complexity index is 1160. The third kappa shape index (κ3) is 3.87. The van der Waals surface area contributed by atoms with E-state index in [1.54, 1.807) is 0 Å². The standard InChI is InChI=1S/C26H23NO3/c28-26-20(14-18-6-2-1-3-7-18)16-30-25-13-12-22(15-23(25)26)29-17-21-11-10-19-8-4-5-9-24(19)27-21/h1-13,15,20,26,28H,14,16-17H2/t20-,26+/m0/s1. The highest BCUT2D eigenvalue weighted by Crippen LogP contribution is 2.39. The van der Waals surface area contributed by atoms with Gasteiger partial charge in [-0.2, -0.15) is 0 Å². The number of hydrogen-bond donors (Lipinski definition) is 1. The second kappa shape index (κ2) is 8.17. The van der Waals surface area contributed by atoms with Crippen molar-refractivity contribution in [1.82, 2.24) is 4.98 Å². The van der Waals surface area contributed by atoms with Gasteiger partial charge in [0.25, 0.3) is 0 Å². The van der Waals surface area contributed by atoms with Crippen molar-refractivity contribution in [2.24, 2.45) is 5.92 Å². The first-order valence-electron chi connectivity index (χ1n) is 10.2. The smallest absolute Gasteiger partial charge is 0.130 e. The molecular weight excluding hydrogens is 374 g/mol. The highest BCUT2D eigenvalue weighted by molar-refractivity contribution is 5.78. The zero-order chi connectivity index (χ0) is 20.3. The summed E-state index contributed by atoms with van der Waals surface area (Å²) < 4.78 is 11.9. The summed E-state index contributed by atoms with van der Waals surface area (Å²) in [6, 6.07) is 27.9. The number of rotatable bonds is 5. The Balaban J connectivity index is 1.30. The molecule has 3 aromatic carbocycles. The largest absolute Gasteiger partial charge is 0.493 e. The third-order valence-corrected chi connectivity index (χ3v) is 5.58. The van der Waals surface area contributed by atoms with Gasteiger partial charge < -0.3 is 14.6 Å². The lowest BCUT2D eigenvalue weighted by Gasteiger charge is -2.30. The van der Waals surface area contributed by atoms with Crippen LogP contribution >= 0.6 is 0 Å². The second-order valence-electron chi connectivity index (χ2n) is 7.69. The predicted molar refractivity (Wildman–Crippen MR) is 117 cm³/mol. The molecule has 30 heavy (non-hydrogen) atoms. The Morgan fingerprint density at radius 3 is 2.67 bits per heavy atom. The van der Waals surface area contributed by atoms with Crippen molar-refractivity contribution in [3.05, 3.63) is 102 Å². The molecule has 150 valence electrons. The molecular formula is C26H23NO3. The molecule has 1 aromatic heterocycles. The lowest BCUT2D eigenvalue weighted by Crippen LogP contribution is -2.27. The van der Waals surface area contributed by atoms with E-state index in [2.05, 4.69) is 23.2 Å². The summed E-state index contributed by atoms with van der Waals surface area (Å²) in [5, 5.41) is 12.1. The zero-order valence-electron chi connectivity index (χ0n) is 16.6. The number of fused-ring (bicyclic) bond motifs is 2. The quantitative estimate of drug-likeness (QED) is 0.509. The van der Waals surface area contributed by atoms with Crippen LogP contribution in [0.2, 0.25) is 0 Å². The van der Waals surface area contributed by atoms with E-state index in [1.807, 2.05) is 66.7 Å². The Morgan fingerprint density at radius 1 is 0.933 bits per heavy atom. The van der Waals surface area contributed by atoms with E-state index in [0.717, 1.165) is 34.3 Å². The maximum Gasteiger partial charge on any atom is 0.130 e. The molecule has 0 aliphatic carbocycles. The van der Waals surface area contributed by atoms with Gasteiger partial charge in [-0.25, -0.2) is 4.98 Å². The fourth-order valence-corrected chi connectivity index (χ4v) is 3.95. The molecule has 0 saturated carbocycles. The lowest BCUT2D eigenvalue weighted by molar-refractivity contribution is 0.0504. The number of pyridine rings is 1. The maximum atomic E-state index is 11.0. The van der Waals surface area contributed by atoms with E-state index in [4.69, 9.17) is 9.47 Å². The monoisotopic (exact) mass is 397 g/mol. The molecule has 0 fully saturated rings. The Morgan fingerprint density at radius 2 is 1.77 bits per heavy atom. The molecule has 1 N–H and O–H groups in total. The van der Waals surface area contributed by atoms with E-state index in [9.17, 15) is 5.11 Å². The van der Waals surface area contributed by atoms with Crippen LogP contribution in [0.4, 0.5) is 0 Å². The summed E-state index contributed by atoms with van der Waals surface area (Å²) >= 11 is 0. The molecule has 1 aliphatic rings. The van der Waals surface area contributed by atoms with Gasteiger partial charge in [0, 0.05) is 16.9 Å². The number of nitrogens with zero attached hydrogens (tertiary/aromatic N) is 1.